The topological polar surface area (TPSA) is 67.6 Å². The third-order valence-corrected chi connectivity index (χ3v) is 7.71. The lowest BCUT2D eigenvalue weighted by Crippen LogP contribution is -2.52. The van der Waals surface area contributed by atoms with Crippen molar-refractivity contribution in [2.24, 2.45) is 4.99 Å². The van der Waals surface area contributed by atoms with Crippen molar-refractivity contribution < 1.29 is 24.2 Å². The number of imidazole rings is 1. The predicted molar refractivity (Wildman–Crippen MR) is 163 cm³/mol. The van der Waals surface area contributed by atoms with Crippen LogP contribution in [0.2, 0.25) is 0 Å². The molecule has 0 bridgehead atoms. The first-order valence-electron chi connectivity index (χ1n) is 13.5. The largest absolute Gasteiger partial charge is 0.488 e. The minimum atomic E-state index is -9.43. The quantitative estimate of drug-likeness (QED) is 0.229. The molecule has 2 aromatic carbocycles. The van der Waals surface area contributed by atoms with E-state index in [0.29, 0.717) is 18.7 Å². The van der Waals surface area contributed by atoms with Crippen molar-refractivity contribution in [3.8, 4) is 5.69 Å². The molecule has 4 heterocycles. The number of aromatic nitrogens is 3. The van der Waals surface area contributed by atoms with Crippen LogP contribution in [0.15, 0.2) is 76.8 Å². The Morgan fingerprint density at radius 3 is 2.33 bits per heavy atom. The molecule has 7 nitrogen and oxygen atoms in total. The number of nitrogens with zero attached hydrogens (tertiary/aromatic N) is 5. The first-order chi connectivity index (χ1) is 19.9. The third kappa shape index (κ3) is 8.07. The van der Waals surface area contributed by atoms with Gasteiger partial charge >= 0.3 is 10.2 Å². The molecule has 0 saturated carbocycles. The number of morpholine rings is 1. The molecule has 0 spiro atoms. The number of aryl methyl sites for hydroxylation is 1. The molecule has 1 fully saturated rings. The van der Waals surface area contributed by atoms with Gasteiger partial charge in [-0.25, -0.2) is 10.4 Å². The van der Waals surface area contributed by atoms with E-state index in [2.05, 4.69) is 43.0 Å². The highest BCUT2D eigenvalue weighted by molar-refractivity contribution is 8.45. The molecule has 4 aromatic rings. The Morgan fingerprint density at radius 1 is 1.00 bits per heavy atom. The average Bonchev–Trinajstić information content (AvgIpc) is 3.65. The van der Waals surface area contributed by atoms with Gasteiger partial charge in [0.05, 0.1) is 35.5 Å². The molecule has 2 aliphatic heterocycles. The van der Waals surface area contributed by atoms with Crippen LogP contribution in [-0.2, 0) is 4.74 Å². The van der Waals surface area contributed by atoms with E-state index in [0.717, 1.165) is 70.4 Å². The fraction of sp³-hybridized carbons (Fsp3) is 0.321. The van der Waals surface area contributed by atoms with Gasteiger partial charge in [0.25, 0.3) is 0 Å². The van der Waals surface area contributed by atoms with Gasteiger partial charge in [0, 0.05) is 24.3 Å². The summed E-state index contributed by atoms with van der Waals surface area (Å²) in [4.78, 5) is 7.11. The molecule has 1 N–H and O–H groups in total. The second-order valence-corrected chi connectivity index (χ2v) is 11.8. The van der Waals surface area contributed by atoms with Crippen LogP contribution in [-0.4, -0.2) is 51.0 Å². The minimum Gasteiger partial charge on any atom is -0.488 e. The maximum absolute atomic E-state index is 11.9. The van der Waals surface area contributed by atoms with Crippen LogP contribution in [0.4, 0.5) is 19.4 Å². The van der Waals surface area contributed by atoms with E-state index in [4.69, 9.17) is 4.74 Å². The SMILES string of the molecule is CC.CC.Cc1cn(-c2ccc(/C=C3\OCCN4NCCN=C34)c3cnsc23)cn1.FS(F)(F)(F)(F)c1ccccc1. The minimum absolute atomic E-state index is 0.363. The number of fused-ring (bicyclic) bond motifs is 2. The Kier molecular flexibility index (Phi) is 10.1. The van der Waals surface area contributed by atoms with Crippen molar-refractivity contribution in [3.05, 3.63) is 78.2 Å². The summed E-state index contributed by atoms with van der Waals surface area (Å²) in [6.45, 7) is 13.1. The summed E-state index contributed by atoms with van der Waals surface area (Å²) in [5.74, 6) is 1.69. The predicted octanol–water partition coefficient (Wildman–Crippen LogP) is 8.78. The summed E-state index contributed by atoms with van der Waals surface area (Å²) < 4.78 is 73.2. The molecule has 0 amide bonds. The molecular formula is C28H35F5N6OS2. The number of benzene rings is 2. The fourth-order valence-electron chi connectivity index (χ4n) is 3.99. The molecule has 0 aliphatic carbocycles. The summed E-state index contributed by atoms with van der Waals surface area (Å²) in [5.41, 5.74) is 6.53. The summed E-state index contributed by atoms with van der Waals surface area (Å²) in [6, 6.07) is 8.03. The Hall–Kier alpha value is -3.49. The molecule has 0 unspecified atom stereocenters. The molecular weight excluding hydrogens is 595 g/mol. The van der Waals surface area contributed by atoms with E-state index in [1.807, 2.05) is 57.9 Å². The molecule has 0 atom stereocenters. The second kappa shape index (κ2) is 12.8. The highest BCUT2D eigenvalue weighted by Crippen LogP contribution is 3.02. The highest BCUT2D eigenvalue weighted by Gasteiger charge is 2.65. The number of rotatable bonds is 3. The van der Waals surface area contributed by atoms with Gasteiger partial charge in [-0.05, 0) is 48.3 Å². The molecule has 1 saturated heterocycles. The highest BCUT2D eigenvalue weighted by atomic mass is 32.5. The average molecular weight is 631 g/mol. The fourth-order valence-corrected chi connectivity index (χ4v) is 5.46. The maximum Gasteiger partial charge on any atom is 0.310 e. The van der Waals surface area contributed by atoms with Gasteiger partial charge in [0.15, 0.2) is 11.6 Å². The zero-order chi connectivity index (χ0) is 31.0. The summed E-state index contributed by atoms with van der Waals surface area (Å²) in [6.07, 6.45) is 7.85. The zero-order valence-electron chi connectivity index (χ0n) is 24.0. The van der Waals surface area contributed by atoms with Crippen molar-refractivity contribution in [1.82, 2.24) is 24.4 Å². The molecule has 42 heavy (non-hydrogen) atoms. The van der Waals surface area contributed by atoms with Gasteiger partial charge in [0.1, 0.15) is 11.5 Å². The number of nitrogens with one attached hydrogen (secondary N) is 1. The van der Waals surface area contributed by atoms with E-state index in [9.17, 15) is 19.4 Å². The van der Waals surface area contributed by atoms with Crippen LogP contribution >= 0.6 is 21.8 Å². The number of hydrogen-bond donors (Lipinski definition) is 1. The van der Waals surface area contributed by atoms with Crippen LogP contribution in [0.3, 0.4) is 0 Å². The van der Waals surface area contributed by atoms with E-state index in [1.54, 1.807) is 0 Å². The molecule has 2 aliphatic rings. The number of halogens is 5. The van der Waals surface area contributed by atoms with Gasteiger partial charge in [-0.2, -0.15) is 4.37 Å². The smallest absolute Gasteiger partial charge is 0.310 e. The number of aliphatic imine (C=N–C) groups is 1. The Labute approximate surface area is 246 Å². The van der Waals surface area contributed by atoms with Crippen LogP contribution < -0.4 is 5.43 Å². The van der Waals surface area contributed by atoms with Gasteiger partial charge < -0.3 is 9.30 Å². The summed E-state index contributed by atoms with van der Waals surface area (Å²) >= 11 is 1.50. The third-order valence-electron chi connectivity index (χ3n) is 5.72. The number of amidine groups is 1. The van der Waals surface area contributed by atoms with Gasteiger partial charge in [-0.15, -0.1) is 0 Å². The van der Waals surface area contributed by atoms with Gasteiger partial charge in [0.2, 0.25) is 0 Å². The van der Waals surface area contributed by atoms with Crippen molar-refractivity contribution in [2.75, 3.05) is 26.2 Å². The first kappa shape index (κ1) is 33.0. The van der Waals surface area contributed by atoms with Crippen molar-refractivity contribution in [1.29, 1.82) is 0 Å². The second-order valence-electron chi connectivity index (χ2n) is 8.57. The van der Waals surface area contributed by atoms with Crippen molar-refractivity contribution in [2.45, 2.75) is 39.5 Å². The van der Waals surface area contributed by atoms with Crippen molar-refractivity contribution in [3.63, 3.8) is 0 Å². The van der Waals surface area contributed by atoms with Crippen LogP contribution in [0.25, 0.3) is 21.8 Å². The van der Waals surface area contributed by atoms with E-state index in [-0.39, 0.29) is 0 Å². The van der Waals surface area contributed by atoms with E-state index < -0.39 is 15.1 Å². The normalized spacial score (nSPS) is 17.0. The van der Waals surface area contributed by atoms with Crippen molar-refractivity contribution >= 4 is 43.8 Å². The number of hydrazine groups is 1. The molecule has 0 radical (unpaired) electrons. The van der Waals surface area contributed by atoms with E-state index >= 15 is 0 Å². The Balaban J connectivity index is 0.000000256. The lowest BCUT2D eigenvalue weighted by Gasteiger charge is -2.40. The van der Waals surface area contributed by atoms with Gasteiger partial charge in [-0.3, -0.25) is 10.0 Å². The lowest BCUT2D eigenvalue weighted by atomic mass is 10.1. The Morgan fingerprint density at radius 2 is 1.71 bits per heavy atom. The van der Waals surface area contributed by atoms with E-state index in [1.165, 1.54) is 17.6 Å². The van der Waals surface area contributed by atoms with Gasteiger partial charge in [-0.1, -0.05) is 71.4 Å². The first-order valence-corrected chi connectivity index (χ1v) is 16.2. The molecule has 14 heteroatoms. The number of ether oxygens (including phenoxy) is 1. The summed E-state index contributed by atoms with van der Waals surface area (Å²) in [7, 11) is -9.43. The zero-order valence-corrected chi connectivity index (χ0v) is 25.7. The maximum atomic E-state index is 11.9. The molecule has 230 valence electrons. The molecule has 2 aromatic heterocycles. The number of hydrogen-bond acceptors (Lipinski definition) is 7. The van der Waals surface area contributed by atoms with Crippen LogP contribution in [0.5, 0.6) is 0 Å². The Bertz CT molecular complexity index is 1540. The van der Waals surface area contributed by atoms with Crippen LogP contribution in [0, 0.1) is 6.92 Å². The molecule has 6 rings (SSSR count). The summed E-state index contributed by atoms with van der Waals surface area (Å²) in [5, 5.41) is 3.18. The lowest BCUT2D eigenvalue weighted by molar-refractivity contribution is 0.140. The monoisotopic (exact) mass is 630 g/mol. The van der Waals surface area contributed by atoms with Crippen LogP contribution in [0.1, 0.15) is 39.0 Å². The standard InChI is InChI=1S/C18H18N6OS.C6H5F5S.2C2H6/c1-12-10-23(11-20-12)15-3-2-13(14-9-22-26-17(14)15)8-16-18-19-4-5-21-24(18)6-7-25-16;7-12(8,9,10,11)6-4-2-1-3-5-6;2*1-2/h2-3,8-11,21H,4-7H2,1H3;1-5H;2*1-2H3/b16-8-;;;.